The van der Waals surface area contributed by atoms with Gasteiger partial charge in [-0.2, -0.15) is 0 Å². The van der Waals surface area contributed by atoms with E-state index in [1.807, 2.05) is 54.8 Å². The van der Waals surface area contributed by atoms with Crippen LogP contribution in [0.5, 0.6) is 11.5 Å². The minimum absolute atomic E-state index is 0.231. The van der Waals surface area contributed by atoms with Gasteiger partial charge in [0.25, 0.3) is 0 Å². The molecule has 1 N–H and O–H groups in total. The monoisotopic (exact) mass is 450 g/mol. The molecule has 0 spiro atoms. The number of carbonyl (C=O) groups is 1. The Labute approximate surface area is 194 Å². The summed E-state index contributed by atoms with van der Waals surface area (Å²) in [6, 6.07) is 13.8. The van der Waals surface area contributed by atoms with Crippen molar-refractivity contribution < 1.29 is 14.3 Å². The highest BCUT2D eigenvalue weighted by Gasteiger charge is 2.08. The lowest BCUT2D eigenvalue weighted by Crippen LogP contribution is -2.07. The molecule has 0 bridgehead atoms. The average molecular weight is 451 g/mol. The molecule has 0 fully saturated rings. The second kappa shape index (κ2) is 12.1. The van der Waals surface area contributed by atoms with Crippen molar-refractivity contribution in [3.05, 3.63) is 65.0 Å². The van der Waals surface area contributed by atoms with Crippen LogP contribution in [0.25, 0.3) is 17.3 Å². The number of nitrogens with zero attached hydrogens (tertiary/aromatic N) is 1. The topological polar surface area (TPSA) is 60.5 Å². The van der Waals surface area contributed by atoms with E-state index in [0.29, 0.717) is 17.5 Å². The fourth-order valence-corrected chi connectivity index (χ4v) is 3.85. The quantitative estimate of drug-likeness (QED) is 0.260. The van der Waals surface area contributed by atoms with Crippen molar-refractivity contribution in [3.63, 3.8) is 0 Å². The second-order valence-electron chi connectivity index (χ2n) is 7.55. The number of rotatable bonds is 11. The van der Waals surface area contributed by atoms with E-state index in [4.69, 9.17) is 9.47 Å². The van der Waals surface area contributed by atoms with Gasteiger partial charge in [-0.25, -0.2) is 4.98 Å². The maximum atomic E-state index is 12.3. The number of aromatic nitrogens is 1. The first kappa shape index (κ1) is 23.5. The van der Waals surface area contributed by atoms with E-state index in [-0.39, 0.29) is 5.91 Å². The van der Waals surface area contributed by atoms with Gasteiger partial charge in [0.2, 0.25) is 5.91 Å². The highest BCUT2D eigenvalue weighted by atomic mass is 32.1. The van der Waals surface area contributed by atoms with Crippen LogP contribution >= 0.6 is 11.3 Å². The first-order valence-electron chi connectivity index (χ1n) is 10.9. The third-order valence-corrected chi connectivity index (χ3v) is 5.71. The van der Waals surface area contributed by atoms with Crippen molar-refractivity contribution in [2.45, 2.75) is 39.5 Å². The molecule has 6 heteroatoms. The molecular weight excluding hydrogens is 420 g/mol. The lowest BCUT2D eigenvalue weighted by Gasteiger charge is -2.11. The Bertz CT molecular complexity index is 1040. The normalized spacial score (nSPS) is 11.0. The molecule has 1 heterocycles. The molecule has 0 radical (unpaired) electrons. The first-order valence-corrected chi connectivity index (χ1v) is 11.8. The molecule has 3 aromatic rings. The Morgan fingerprint density at radius 2 is 1.91 bits per heavy atom. The van der Waals surface area contributed by atoms with Gasteiger partial charge in [0, 0.05) is 17.0 Å². The van der Waals surface area contributed by atoms with Gasteiger partial charge in [-0.15, -0.1) is 11.3 Å². The molecule has 3 rings (SSSR count). The van der Waals surface area contributed by atoms with Crippen LogP contribution in [0.4, 0.5) is 5.13 Å². The summed E-state index contributed by atoms with van der Waals surface area (Å²) in [5.74, 6) is 1.15. The molecule has 5 nitrogen and oxygen atoms in total. The molecule has 0 saturated carbocycles. The summed E-state index contributed by atoms with van der Waals surface area (Å²) in [6.07, 6.45) is 7.86. The van der Waals surface area contributed by atoms with E-state index in [9.17, 15) is 4.79 Å². The third kappa shape index (κ3) is 6.95. The number of benzene rings is 2. The Hall–Kier alpha value is -3.12. The molecule has 1 aromatic heterocycles. The predicted molar refractivity (Wildman–Crippen MR) is 133 cm³/mol. The number of carbonyl (C=O) groups excluding carboxylic acids is 1. The van der Waals surface area contributed by atoms with Gasteiger partial charge < -0.3 is 9.47 Å². The number of aryl methyl sites for hydroxylation is 1. The van der Waals surface area contributed by atoms with Gasteiger partial charge in [0.15, 0.2) is 16.6 Å². The lowest BCUT2D eigenvalue weighted by molar-refractivity contribution is -0.111. The van der Waals surface area contributed by atoms with Crippen LogP contribution in [0.15, 0.2) is 53.9 Å². The summed E-state index contributed by atoms with van der Waals surface area (Å²) in [4.78, 5) is 16.8. The number of hydrogen-bond acceptors (Lipinski definition) is 5. The van der Waals surface area contributed by atoms with Crippen LogP contribution < -0.4 is 14.8 Å². The fourth-order valence-electron chi connectivity index (χ4n) is 3.13. The summed E-state index contributed by atoms with van der Waals surface area (Å²) >= 11 is 1.41. The Kier molecular flexibility index (Phi) is 8.87. The molecule has 0 atom stereocenters. The standard InChI is InChI=1S/C26H30N2O3S/c1-4-5-6-7-16-31-23-14-10-20(17-24(23)30-3)11-15-25(29)28-26-27-22(18-32-26)21-12-8-19(2)9-13-21/h8-15,17-18H,4-7,16H2,1-3H3,(H,27,28,29). The number of amides is 1. The number of ether oxygens (including phenoxy) is 2. The zero-order chi connectivity index (χ0) is 22.8. The van der Waals surface area contributed by atoms with E-state index >= 15 is 0 Å². The zero-order valence-electron chi connectivity index (χ0n) is 18.9. The van der Waals surface area contributed by atoms with Gasteiger partial charge in [-0.1, -0.05) is 62.1 Å². The number of unbranched alkanes of at least 4 members (excludes halogenated alkanes) is 3. The maximum absolute atomic E-state index is 12.3. The zero-order valence-corrected chi connectivity index (χ0v) is 19.7. The second-order valence-corrected chi connectivity index (χ2v) is 8.40. The van der Waals surface area contributed by atoms with E-state index in [0.717, 1.165) is 29.0 Å². The number of hydrogen-bond donors (Lipinski definition) is 1. The smallest absolute Gasteiger partial charge is 0.250 e. The minimum Gasteiger partial charge on any atom is -0.493 e. The van der Waals surface area contributed by atoms with Crippen molar-refractivity contribution >= 4 is 28.5 Å². The number of thiazole rings is 1. The highest BCUT2D eigenvalue weighted by molar-refractivity contribution is 7.14. The van der Waals surface area contributed by atoms with Crippen LogP contribution in [0, 0.1) is 6.92 Å². The van der Waals surface area contributed by atoms with Crippen molar-refractivity contribution in [2.24, 2.45) is 0 Å². The Morgan fingerprint density at radius 3 is 2.66 bits per heavy atom. The van der Waals surface area contributed by atoms with Crippen molar-refractivity contribution in [3.8, 4) is 22.8 Å². The number of nitrogens with one attached hydrogen (secondary N) is 1. The summed E-state index contributed by atoms with van der Waals surface area (Å²) in [5.41, 5.74) is 3.94. The van der Waals surface area contributed by atoms with Crippen molar-refractivity contribution in [1.82, 2.24) is 4.98 Å². The van der Waals surface area contributed by atoms with Gasteiger partial charge >= 0.3 is 0 Å². The first-order chi connectivity index (χ1) is 15.6. The summed E-state index contributed by atoms with van der Waals surface area (Å²) < 4.78 is 11.3. The van der Waals surface area contributed by atoms with Crippen LogP contribution in [0.3, 0.4) is 0 Å². The van der Waals surface area contributed by atoms with Crippen LogP contribution in [-0.2, 0) is 4.79 Å². The summed E-state index contributed by atoms with van der Waals surface area (Å²) in [7, 11) is 1.62. The molecule has 0 unspecified atom stereocenters. The lowest BCUT2D eigenvalue weighted by atomic mass is 10.1. The van der Waals surface area contributed by atoms with E-state index in [1.165, 1.54) is 42.2 Å². The van der Waals surface area contributed by atoms with E-state index in [2.05, 4.69) is 17.2 Å². The van der Waals surface area contributed by atoms with Crippen LogP contribution in [0.2, 0.25) is 0 Å². The summed E-state index contributed by atoms with van der Waals surface area (Å²) in [6.45, 7) is 4.91. The molecule has 2 aromatic carbocycles. The Morgan fingerprint density at radius 1 is 1.09 bits per heavy atom. The molecule has 0 aliphatic carbocycles. The van der Waals surface area contributed by atoms with Crippen LogP contribution in [-0.4, -0.2) is 24.6 Å². The van der Waals surface area contributed by atoms with Gasteiger partial charge in [-0.3, -0.25) is 10.1 Å². The molecule has 32 heavy (non-hydrogen) atoms. The molecule has 168 valence electrons. The summed E-state index contributed by atoms with van der Waals surface area (Å²) in [5, 5.41) is 5.33. The van der Waals surface area contributed by atoms with Gasteiger partial charge in [0.1, 0.15) is 0 Å². The van der Waals surface area contributed by atoms with Crippen molar-refractivity contribution in [1.29, 1.82) is 0 Å². The maximum Gasteiger partial charge on any atom is 0.250 e. The minimum atomic E-state index is -0.231. The van der Waals surface area contributed by atoms with E-state index in [1.54, 1.807) is 13.2 Å². The largest absolute Gasteiger partial charge is 0.493 e. The number of anilines is 1. The molecule has 1 amide bonds. The fraction of sp³-hybridized carbons (Fsp3) is 0.308. The van der Waals surface area contributed by atoms with Crippen LogP contribution in [0.1, 0.15) is 43.7 Å². The van der Waals surface area contributed by atoms with Gasteiger partial charge in [-0.05, 0) is 37.1 Å². The van der Waals surface area contributed by atoms with Crippen molar-refractivity contribution in [2.75, 3.05) is 19.0 Å². The van der Waals surface area contributed by atoms with Gasteiger partial charge in [0.05, 0.1) is 19.4 Å². The SMILES string of the molecule is CCCCCCOc1ccc(C=CC(=O)Nc2nc(-c3ccc(C)cc3)cs2)cc1OC. The molecule has 0 aliphatic heterocycles. The third-order valence-electron chi connectivity index (χ3n) is 4.95. The number of methoxy groups -OCH3 is 1. The Balaban J connectivity index is 1.56. The predicted octanol–water partition coefficient (Wildman–Crippen LogP) is 6.74. The molecular formula is C26H30N2O3S. The molecule has 0 aliphatic rings. The van der Waals surface area contributed by atoms with E-state index < -0.39 is 0 Å². The highest BCUT2D eigenvalue weighted by Crippen LogP contribution is 2.29. The average Bonchev–Trinajstić information content (AvgIpc) is 3.26. The molecule has 0 saturated heterocycles.